The van der Waals surface area contributed by atoms with Crippen LogP contribution in [-0.2, 0) is 0 Å². The molecule has 1 aromatic heterocycles. The summed E-state index contributed by atoms with van der Waals surface area (Å²) in [4.78, 5) is 14.5. The van der Waals surface area contributed by atoms with Gasteiger partial charge in [-0.15, -0.1) is 10.2 Å². The summed E-state index contributed by atoms with van der Waals surface area (Å²) in [6, 6.07) is 17.1. The number of rotatable bonds is 4. The van der Waals surface area contributed by atoms with Crippen LogP contribution in [0.3, 0.4) is 0 Å². The molecule has 2 aromatic carbocycles. The Morgan fingerprint density at radius 2 is 1.78 bits per heavy atom. The van der Waals surface area contributed by atoms with E-state index in [1.807, 2.05) is 24.3 Å². The van der Waals surface area contributed by atoms with E-state index in [9.17, 15) is 9.18 Å². The molecule has 0 saturated carbocycles. The van der Waals surface area contributed by atoms with Crippen molar-refractivity contribution in [2.45, 2.75) is 12.8 Å². The van der Waals surface area contributed by atoms with E-state index in [-0.39, 0.29) is 5.56 Å². The number of carbonyl (C=O) groups is 1. The number of amides is 1. The highest BCUT2D eigenvalue weighted by atomic mass is 19.1. The lowest BCUT2D eigenvalue weighted by atomic mass is 10.1. The fourth-order valence-corrected chi connectivity index (χ4v) is 3.19. The number of halogens is 1. The van der Waals surface area contributed by atoms with E-state index < -0.39 is 11.7 Å². The predicted octanol–water partition coefficient (Wildman–Crippen LogP) is 4.14. The second kappa shape index (κ2) is 7.53. The minimum Gasteiger partial charge on any atom is -0.355 e. The summed E-state index contributed by atoms with van der Waals surface area (Å²) in [5.41, 5.74) is 2.14. The van der Waals surface area contributed by atoms with E-state index in [0.29, 0.717) is 5.69 Å². The van der Waals surface area contributed by atoms with Crippen LogP contribution in [0.15, 0.2) is 60.7 Å². The van der Waals surface area contributed by atoms with Crippen LogP contribution in [0.4, 0.5) is 15.9 Å². The van der Waals surface area contributed by atoms with E-state index in [4.69, 9.17) is 0 Å². The van der Waals surface area contributed by atoms with Crippen LogP contribution >= 0.6 is 0 Å². The fraction of sp³-hybridized carbons (Fsp3) is 0.190. The van der Waals surface area contributed by atoms with Crippen LogP contribution in [0.2, 0.25) is 0 Å². The molecule has 27 heavy (non-hydrogen) atoms. The average Bonchev–Trinajstić information content (AvgIpc) is 3.23. The van der Waals surface area contributed by atoms with E-state index in [2.05, 4.69) is 20.4 Å². The van der Waals surface area contributed by atoms with Crippen LogP contribution in [0.5, 0.6) is 0 Å². The van der Waals surface area contributed by atoms with Crippen molar-refractivity contribution in [3.05, 3.63) is 72.0 Å². The van der Waals surface area contributed by atoms with Crippen LogP contribution in [0.25, 0.3) is 11.3 Å². The Morgan fingerprint density at radius 3 is 2.52 bits per heavy atom. The number of hydrogen-bond acceptors (Lipinski definition) is 4. The summed E-state index contributed by atoms with van der Waals surface area (Å²) >= 11 is 0. The summed E-state index contributed by atoms with van der Waals surface area (Å²) < 4.78 is 13.8. The van der Waals surface area contributed by atoms with E-state index in [1.54, 1.807) is 24.3 Å². The lowest BCUT2D eigenvalue weighted by Gasteiger charge is -2.15. The Morgan fingerprint density at radius 1 is 0.963 bits per heavy atom. The Bertz CT molecular complexity index is 952. The molecule has 6 heteroatoms. The number of aromatic nitrogens is 2. The summed E-state index contributed by atoms with van der Waals surface area (Å²) in [5, 5.41) is 11.4. The van der Waals surface area contributed by atoms with E-state index in [1.165, 1.54) is 25.0 Å². The standard InChI is InChI=1S/C21H19FN4O/c22-18-9-2-1-8-17(18)21(27)23-16-7-5-6-15(14-16)19-10-11-20(25-24-19)26-12-3-4-13-26/h1-2,5-11,14H,3-4,12-13H2,(H,23,27). The minimum atomic E-state index is -0.547. The van der Waals surface area contributed by atoms with Gasteiger partial charge in [0.25, 0.3) is 5.91 Å². The molecule has 1 amide bonds. The zero-order valence-electron chi connectivity index (χ0n) is 14.7. The van der Waals surface area contributed by atoms with Crippen LogP contribution in [0, 0.1) is 5.82 Å². The van der Waals surface area contributed by atoms with Gasteiger partial charge >= 0.3 is 0 Å². The molecule has 0 aliphatic carbocycles. The molecule has 1 fully saturated rings. The predicted molar refractivity (Wildman–Crippen MR) is 103 cm³/mol. The third-order valence-corrected chi connectivity index (χ3v) is 4.62. The molecule has 0 spiro atoms. The maximum absolute atomic E-state index is 13.8. The van der Waals surface area contributed by atoms with Gasteiger partial charge in [-0.05, 0) is 49.2 Å². The third-order valence-electron chi connectivity index (χ3n) is 4.62. The second-order valence-electron chi connectivity index (χ2n) is 6.49. The van der Waals surface area contributed by atoms with Crippen molar-refractivity contribution < 1.29 is 9.18 Å². The van der Waals surface area contributed by atoms with Crippen molar-refractivity contribution in [1.29, 1.82) is 0 Å². The maximum Gasteiger partial charge on any atom is 0.258 e. The highest BCUT2D eigenvalue weighted by molar-refractivity contribution is 6.04. The monoisotopic (exact) mass is 362 g/mol. The molecule has 136 valence electrons. The normalized spacial score (nSPS) is 13.6. The zero-order chi connectivity index (χ0) is 18.6. The number of hydrogen-bond donors (Lipinski definition) is 1. The molecule has 0 bridgehead atoms. The maximum atomic E-state index is 13.8. The quantitative estimate of drug-likeness (QED) is 0.758. The summed E-state index contributed by atoms with van der Waals surface area (Å²) in [5.74, 6) is -0.143. The third kappa shape index (κ3) is 3.79. The lowest BCUT2D eigenvalue weighted by molar-refractivity contribution is 0.102. The second-order valence-corrected chi connectivity index (χ2v) is 6.49. The largest absolute Gasteiger partial charge is 0.355 e. The number of carbonyl (C=O) groups excluding carboxylic acids is 1. The van der Waals surface area contributed by atoms with Gasteiger partial charge < -0.3 is 10.2 Å². The molecule has 1 aliphatic rings. The first-order valence-electron chi connectivity index (χ1n) is 8.96. The first-order valence-corrected chi connectivity index (χ1v) is 8.96. The lowest BCUT2D eigenvalue weighted by Crippen LogP contribution is -2.19. The molecule has 4 rings (SSSR count). The Kier molecular flexibility index (Phi) is 4.78. The van der Waals surface area contributed by atoms with Crippen molar-refractivity contribution in [2.24, 2.45) is 0 Å². The van der Waals surface area contributed by atoms with E-state index in [0.717, 1.165) is 30.2 Å². The first kappa shape index (κ1) is 17.1. The van der Waals surface area contributed by atoms with Crippen molar-refractivity contribution in [3.8, 4) is 11.3 Å². The molecule has 0 atom stereocenters. The van der Waals surface area contributed by atoms with E-state index >= 15 is 0 Å². The summed E-state index contributed by atoms with van der Waals surface area (Å²) in [6.07, 6.45) is 2.38. The smallest absolute Gasteiger partial charge is 0.258 e. The summed E-state index contributed by atoms with van der Waals surface area (Å²) in [6.45, 7) is 2.04. The molecule has 0 radical (unpaired) electrons. The molecular formula is C21H19FN4O. The fourth-order valence-electron chi connectivity index (χ4n) is 3.19. The van der Waals surface area contributed by atoms with Crippen LogP contribution in [0.1, 0.15) is 23.2 Å². The molecule has 1 saturated heterocycles. The van der Waals surface area contributed by atoms with Gasteiger partial charge in [0.15, 0.2) is 5.82 Å². The molecule has 0 unspecified atom stereocenters. The highest BCUT2D eigenvalue weighted by Crippen LogP contribution is 2.23. The molecule has 1 aliphatic heterocycles. The number of nitrogens with zero attached hydrogens (tertiary/aromatic N) is 3. The Labute approximate surface area is 156 Å². The zero-order valence-corrected chi connectivity index (χ0v) is 14.7. The van der Waals surface area contributed by atoms with Gasteiger partial charge in [-0.25, -0.2) is 4.39 Å². The molecule has 2 heterocycles. The van der Waals surface area contributed by atoms with Gasteiger partial charge in [0.1, 0.15) is 5.82 Å². The average molecular weight is 362 g/mol. The molecule has 3 aromatic rings. The summed E-state index contributed by atoms with van der Waals surface area (Å²) in [7, 11) is 0. The first-order chi connectivity index (χ1) is 13.2. The molecular weight excluding hydrogens is 343 g/mol. The number of nitrogens with one attached hydrogen (secondary N) is 1. The van der Waals surface area contributed by atoms with Gasteiger partial charge in [0.2, 0.25) is 0 Å². The number of anilines is 2. The van der Waals surface area contributed by atoms with Gasteiger partial charge in [-0.3, -0.25) is 4.79 Å². The SMILES string of the molecule is O=C(Nc1cccc(-c2ccc(N3CCCC3)nn2)c1)c1ccccc1F. The highest BCUT2D eigenvalue weighted by Gasteiger charge is 2.14. The van der Waals surface area contributed by atoms with Gasteiger partial charge in [0, 0.05) is 24.3 Å². The van der Waals surface area contributed by atoms with Crippen molar-refractivity contribution in [2.75, 3.05) is 23.3 Å². The number of benzene rings is 2. The van der Waals surface area contributed by atoms with Crippen molar-refractivity contribution >= 4 is 17.4 Å². The minimum absolute atomic E-state index is 0.0117. The van der Waals surface area contributed by atoms with Gasteiger partial charge in [-0.2, -0.15) is 0 Å². The van der Waals surface area contributed by atoms with Crippen molar-refractivity contribution in [3.63, 3.8) is 0 Å². The van der Waals surface area contributed by atoms with Crippen LogP contribution < -0.4 is 10.2 Å². The van der Waals surface area contributed by atoms with Gasteiger partial charge in [0.05, 0.1) is 11.3 Å². The topological polar surface area (TPSA) is 58.1 Å². The van der Waals surface area contributed by atoms with Crippen LogP contribution in [-0.4, -0.2) is 29.2 Å². The molecule has 1 N–H and O–H groups in total. The Hall–Kier alpha value is -3.28. The van der Waals surface area contributed by atoms with Crippen molar-refractivity contribution in [1.82, 2.24) is 10.2 Å². The molecule has 5 nitrogen and oxygen atoms in total. The van der Waals surface area contributed by atoms with Gasteiger partial charge in [-0.1, -0.05) is 24.3 Å². The Balaban J connectivity index is 1.52.